The number of benzene rings is 2. The average Bonchev–Trinajstić information content (AvgIpc) is 2.48. The van der Waals surface area contributed by atoms with Crippen molar-refractivity contribution in [3.8, 4) is 0 Å². The number of hydrogen-bond acceptors (Lipinski definition) is 2. The summed E-state index contributed by atoms with van der Waals surface area (Å²) in [5.74, 6) is 0.927. The van der Waals surface area contributed by atoms with Gasteiger partial charge < -0.3 is 5.32 Å². The molecule has 1 nitrogen and oxygen atoms in total. The van der Waals surface area contributed by atoms with Crippen molar-refractivity contribution in [2.45, 2.75) is 31.7 Å². The monoisotopic (exact) mass is 297 g/mol. The standard InChI is InChI=1S/C19H23NS/c1-5-12-21-19-9-7-6-8-18(19)20-16(4)17-13-14(2)10-11-15(17)3/h5-11,13,16,20H,1,12H2,2-4H3. The molecular weight excluding hydrogens is 274 g/mol. The second-order valence-corrected chi connectivity index (χ2v) is 6.38. The Bertz CT molecular complexity index is 619. The molecule has 0 aliphatic heterocycles. The maximum absolute atomic E-state index is 3.79. The van der Waals surface area contributed by atoms with Crippen LogP contribution in [-0.2, 0) is 0 Å². The van der Waals surface area contributed by atoms with Gasteiger partial charge in [0.15, 0.2) is 0 Å². The zero-order valence-electron chi connectivity index (χ0n) is 13.0. The van der Waals surface area contributed by atoms with E-state index >= 15 is 0 Å². The van der Waals surface area contributed by atoms with E-state index in [2.05, 4.69) is 75.1 Å². The van der Waals surface area contributed by atoms with Crippen molar-refractivity contribution in [2.24, 2.45) is 0 Å². The van der Waals surface area contributed by atoms with Gasteiger partial charge in [0.1, 0.15) is 0 Å². The zero-order valence-corrected chi connectivity index (χ0v) is 13.8. The first-order valence-electron chi connectivity index (χ1n) is 7.28. The normalized spacial score (nSPS) is 12.0. The highest BCUT2D eigenvalue weighted by atomic mass is 32.2. The molecule has 0 saturated heterocycles. The molecule has 2 rings (SSSR count). The Labute approximate surface area is 132 Å². The summed E-state index contributed by atoms with van der Waals surface area (Å²) >= 11 is 1.81. The molecule has 1 unspecified atom stereocenters. The van der Waals surface area contributed by atoms with Gasteiger partial charge in [0, 0.05) is 22.4 Å². The summed E-state index contributed by atoms with van der Waals surface area (Å²) in [6.45, 7) is 10.3. The Hall–Kier alpha value is -1.67. The van der Waals surface area contributed by atoms with Crippen LogP contribution in [0.3, 0.4) is 0 Å². The molecule has 1 atom stereocenters. The zero-order chi connectivity index (χ0) is 15.2. The number of aryl methyl sites for hydroxylation is 2. The van der Waals surface area contributed by atoms with Crippen LogP contribution in [0, 0.1) is 13.8 Å². The third-order valence-electron chi connectivity index (χ3n) is 3.52. The van der Waals surface area contributed by atoms with Crippen molar-refractivity contribution in [1.82, 2.24) is 0 Å². The minimum atomic E-state index is 0.287. The van der Waals surface area contributed by atoms with Gasteiger partial charge in [-0.05, 0) is 44.0 Å². The number of hydrogen-bond donors (Lipinski definition) is 1. The van der Waals surface area contributed by atoms with Crippen molar-refractivity contribution in [2.75, 3.05) is 11.1 Å². The first-order chi connectivity index (χ1) is 10.1. The highest BCUT2D eigenvalue weighted by molar-refractivity contribution is 7.99. The van der Waals surface area contributed by atoms with Crippen LogP contribution in [-0.4, -0.2) is 5.75 Å². The van der Waals surface area contributed by atoms with E-state index in [0.29, 0.717) is 0 Å². The predicted octanol–water partition coefficient (Wildman–Crippen LogP) is 5.75. The molecule has 110 valence electrons. The summed E-state index contributed by atoms with van der Waals surface area (Å²) < 4.78 is 0. The second kappa shape index (κ2) is 7.37. The fourth-order valence-electron chi connectivity index (χ4n) is 2.40. The van der Waals surface area contributed by atoms with Crippen molar-refractivity contribution < 1.29 is 0 Å². The highest BCUT2D eigenvalue weighted by Gasteiger charge is 2.10. The van der Waals surface area contributed by atoms with Gasteiger partial charge in [-0.3, -0.25) is 0 Å². The summed E-state index contributed by atoms with van der Waals surface area (Å²) in [6.07, 6.45) is 1.94. The first kappa shape index (κ1) is 15.7. The van der Waals surface area contributed by atoms with Crippen LogP contribution in [0.25, 0.3) is 0 Å². The Morgan fingerprint density at radius 3 is 2.71 bits per heavy atom. The van der Waals surface area contributed by atoms with Gasteiger partial charge in [0.2, 0.25) is 0 Å². The van der Waals surface area contributed by atoms with Crippen LogP contribution in [0.4, 0.5) is 5.69 Å². The summed E-state index contributed by atoms with van der Waals surface area (Å²) in [4.78, 5) is 1.27. The summed E-state index contributed by atoms with van der Waals surface area (Å²) in [5, 5.41) is 3.65. The molecule has 0 aliphatic rings. The largest absolute Gasteiger partial charge is 0.378 e. The summed E-state index contributed by atoms with van der Waals surface area (Å²) in [7, 11) is 0. The van der Waals surface area contributed by atoms with Crippen LogP contribution < -0.4 is 5.32 Å². The first-order valence-corrected chi connectivity index (χ1v) is 8.26. The van der Waals surface area contributed by atoms with E-state index < -0.39 is 0 Å². The Balaban J connectivity index is 2.21. The van der Waals surface area contributed by atoms with Gasteiger partial charge in [-0.2, -0.15) is 0 Å². The van der Waals surface area contributed by atoms with E-state index in [9.17, 15) is 0 Å². The van der Waals surface area contributed by atoms with Gasteiger partial charge >= 0.3 is 0 Å². The number of para-hydroxylation sites is 1. The minimum absolute atomic E-state index is 0.287. The predicted molar refractivity (Wildman–Crippen MR) is 95.3 cm³/mol. The van der Waals surface area contributed by atoms with E-state index in [0.717, 1.165) is 5.75 Å². The van der Waals surface area contributed by atoms with E-state index in [1.807, 2.05) is 17.8 Å². The van der Waals surface area contributed by atoms with E-state index in [-0.39, 0.29) is 6.04 Å². The molecule has 0 fully saturated rings. The maximum Gasteiger partial charge on any atom is 0.0488 e. The van der Waals surface area contributed by atoms with Crippen LogP contribution >= 0.6 is 11.8 Å². The number of anilines is 1. The molecule has 1 N–H and O–H groups in total. The molecule has 2 aromatic carbocycles. The fraction of sp³-hybridized carbons (Fsp3) is 0.263. The van der Waals surface area contributed by atoms with Gasteiger partial charge in [-0.15, -0.1) is 18.3 Å². The van der Waals surface area contributed by atoms with Gasteiger partial charge in [0.05, 0.1) is 0 Å². The molecule has 21 heavy (non-hydrogen) atoms. The fourth-order valence-corrected chi connectivity index (χ4v) is 3.15. The molecule has 0 amide bonds. The van der Waals surface area contributed by atoms with E-state index in [4.69, 9.17) is 0 Å². The molecule has 0 heterocycles. The summed E-state index contributed by atoms with van der Waals surface area (Å²) in [6, 6.07) is 15.4. The second-order valence-electron chi connectivity index (χ2n) is 5.32. The lowest BCUT2D eigenvalue weighted by atomic mass is 10.00. The van der Waals surface area contributed by atoms with Gasteiger partial charge in [-0.25, -0.2) is 0 Å². The molecule has 0 aliphatic carbocycles. The SMILES string of the molecule is C=CCSc1ccccc1NC(C)c1cc(C)ccc1C. The number of thioether (sulfide) groups is 1. The minimum Gasteiger partial charge on any atom is -0.378 e. The van der Waals surface area contributed by atoms with Gasteiger partial charge in [-0.1, -0.05) is 42.0 Å². The van der Waals surface area contributed by atoms with E-state index in [1.165, 1.54) is 27.3 Å². The molecule has 2 heteroatoms. The van der Waals surface area contributed by atoms with E-state index in [1.54, 1.807) is 0 Å². The highest BCUT2D eigenvalue weighted by Crippen LogP contribution is 2.30. The molecule has 0 saturated carbocycles. The number of rotatable bonds is 6. The van der Waals surface area contributed by atoms with Crippen molar-refractivity contribution in [1.29, 1.82) is 0 Å². The van der Waals surface area contributed by atoms with Gasteiger partial charge in [0.25, 0.3) is 0 Å². The Kier molecular flexibility index (Phi) is 5.51. The van der Waals surface area contributed by atoms with Crippen LogP contribution in [0.15, 0.2) is 60.0 Å². The van der Waals surface area contributed by atoms with Crippen LogP contribution in [0.1, 0.15) is 29.7 Å². The van der Waals surface area contributed by atoms with Crippen LogP contribution in [0.2, 0.25) is 0 Å². The lowest BCUT2D eigenvalue weighted by Gasteiger charge is -2.20. The smallest absolute Gasteiger partial charge is 0.0488 e. The molecule has 0 aromatic heterocycles. The van der Waals surface area contributed by atoms with Crippen LogP contribution in [0.5, 0.6) is 0 Å². The molecule has 0 bridgehead atoms. The topological polar surface area (TPSA) is 12.0 Å². The molecule has 0 spiro atoms. The third kappa shape index (κ3) is 4.15. The number of nitrogens with one attached hydrogen (secondary N) is 1. The Morgan fingerprint density at radius 1 is 1.19 bits per heavy atom. The quantitative estimate of drug-likeness (QED) is 0.538. The Morgan fingerprint density at radius 2 is 1.95 bits per heavy atom. The van der Waals surface area contributed by atoms with Crippen molar-refractivity contribution >= 4 is 17.4 Å². The average molecular weight is 297 g/mol. The molecule has 2 aromatic rings. The lowest BCUT2D eigenvalue weighted by molar-refractivity contribution is 0.867. The van der Waals surface area contributed by atoms with Crippen molar-refractivity contribution in [3.63, 3.8) is 0 Å². The third-order valence-corrected chi connectivity index (χ3v) is 4.59. The molecular formula is C19H23NS. The molecule has 0 radical (unpaired) electrons. The lowest BCUT2D eigenvalue weighted by Crippen LogP contribution is -2.09. The maximum atomic E-state index is 3.79. The summed E-state index contributed by atoms with van der Waals surface area (Å²) in [5.41, 5.74) is 5.19. The van der Waals surface area contributed by atoms with Crippen molar-refractivity contribution in [3.05, 3.63) is 71.8 Å².